The van der Waals surface area contributed by atoms with E-state index in [1.54, 1.807) is 19.2 Å². The van der Waals surface area contributed by atoms with Gasteiger partial charge in [0, 0.05) is 24.4 Å². The van der Waals surface area contributed by atoms with Crippen molar-refractivity contribution >= 4 is 17.6 Å². The lowest BCUT2D eigenvalue weighted by atomic mass is 10.2. The van der Waals surface area contributed by atoms with Gasteiger partial charge in [0.15, 0.2) is 5.82 Å². The summed E-state index contributed by atoms with van der Waals surface area (Å²) in [6.07, 6.45) is 6.17. The summed E-state index contributed by atoms with van der Waals surface area (Å²) < 4.78 is 10.7. The van der Waals surface area contributed by atoms with Crippen LogP contribution in [-0.4, -0.2) is 28.1 Å². The third kappa shape index (κ3) is 4.56. The van der Waals surface area contributed by atoms with Crippen LogP contribution in [0.15, 0.2) is 28.9 Å². The van der Waals surface area contributed by atoms with Crippen LogP contribution in [0.2, 0.25) is 0 Å². The molecule has 0 saturated heterocycles. The van der Waals surface area contributed by atoms with Crippen LogP contribution in [0.3, 0.4) is 0 Å². The van der Waals surface area contributed by atoms with Gasteiger partial charge in [0.2, 0.25) is 5.88 Å². The van der Waals surface area contributed by atoms with E-state index in [4.69, 9.17) is 9.26 Å². The zero-order valence-electron chi connectivity index (χ0n) is 13.9. The Morgan fingerprint density at radius 2 is 2.12 bits per heavy atom. The molecule has 1 saturated carbocycles. The van der Waals surface area contributed by atoms with Gasteiger partial charge in [-0.3, -0.25) is 14.9 Å². The van der Waals surface area contributed by atoms with Crippen molar-refractivity contribution in [3.8, 4) is 5.88 Å². The van der Waals surface area contributed by atoms with Crippen molar-refractivity contribution in [1.82, 2.24) is 15.5 Å². The van der Waals surface area contributed by atoms with Gasteiger partial charge in [0.25, 0.3) is 0 Å². The molecule has 2 aromatic heterocycles. The topological polar surface area (TPSA) is 106 Å². The summed E-state index contributed by atoms with van der Waals surface area (Å²) in [7, 11) is 0. The number of pyridine rings is 1. The molecule has 0 radical (unpaired) electrons. The fourth-order valence-electron chi connectivity index (χ4n) is 2.68. The molecular formula is C17H20N4O4. The van der Waals surface area contributed by atoms with Crippen molar-refractivity contribution < 1.29 is 18.8 Å². The van der Waals surface area contributed by atoms with Crippen molar-refractivity contribution in [2.24, 2.45) is 0 Å². The van der Waals surface area contributed by atoms with Gasteiger partial charge in [-0.2, -0.15) is 0 Å². The van der Waals surface area contributed by atoms with Crippen LogP contribution in [-0.2, 0) is 16.1 Å². The summed E-state index contributed by atoms with van der Waals surface area (Å²) in [5.41, 5.74) is 0.729. The Balaban J connectivity index is 1.55. The number of hydrogen-bond acceptors (Lipinski definition) is 6. The van der Waals surface area contributed by atoms with Gasteiger partial charge in [-0.05, 0) is 38.7 Å². The molecule has 0 atom stereocenters. The highest BCUT2D eigenvalue weighted by atomic mass is 16.5. The molecule has 1 aliphatic rings. The second-order valence-corrected chi connectivity index (χ2v) is 5.95. The van der Waals surface area contributed by atoms with E-state index in [0.29, 0.717) is 11.6 Å². The Hall–Kier alpha value is -2.90. The zero-order valence-corrected chi connectivity index (χ0v) is 13.9. The molecule has 0 spiro atoms. The molecule has 132 valence electrons. The van der Waals surface area contributed by atoms with E-state index in [9.17, 15) is 9.59 Å². The first-order chi connectivity index (χ1) is 12.1. The molecule has 2 heterocycles. The maximum absolute atomic E-state index is 11.9. The van der Waals surface area contributed by atoms with Gasteiger partial charge in [0.05, 0.1) is 0 Å². The molecule has 8 nitrogen and oxygen atoms in total. The third-order valence-corrected chi connectivity index (χ3v) is 3.95. The van der Waals surface area contributed by atoms with E-state index in [-0.39, 0.29) is 18.5 Å². The Kier molecular flexibility index (Phi) is 5.27. The molecule has 0 aliphatic heterocycles. The molecule has 2 N–H and O–H groups in total. The Morgan fingerprint density at radius 3 is 2.84 bits per heavy atom. The van der Waals surface area contributed by atoms with Gasteiger partial charge in [0.1, 0.15) is 11.9 Å². The van der Waals surface area contributed by atoms with Gasteiger partial charge in [-0.1, -0.05) is 11.2 Å². The molecule has 2 amide bonds. The Morgan fingerprint density at radius 1 is 1.32 bits per heavy atom. The first-order valence-electron chi connectivity index (χ1n) is 8.25. The summed E-state index contributed by atoms with van der Waals surface area (Å²) >= 11 is 0. The maximum Gasteiger partial charge on any atom is 0.314 e. The molecule has 0 bridgehead atoms. The average Bonchev–Trinajstić information content (AvgIpc) is 3.25. The van der Waals surface area contributed by atoms with Gasteiger partial charge >= 0.3 is 11.8 Å². The van der Waals surface area contributed by atoms with Crippen molar-refractivity contribution in [2.45, 2.75) is 45.3 Å². The van der Waals surface area contributed by atoms with Crippen LogP contribution < -0.4 is 15.4 Å². The molecule has 0 unspecified atom stereocenters. The van der Waals surface area contributed by atoms with Gasteiger partial charge in [-0.15, -0.1) is 0 Å². The highest BCUT2D eigenvalue weighted by Crippen LogP contribution is 2.24. The van der Waals surface area contributed by atoms with E-state index in [0.717, 1.165) is 31.2 Å². The number of nitrogens with one attached hydrogen (secondary N) is 2. The minimum absolute atomic E-state index is 0.153. The minimum atomic E-state index is -0.810. The number of rotatable bonds is 5. The van der Waals surface area contributed by atoms with E-state index >= 15 is 0 Å². The fraction of sp³-hybridized carbons (Fsp3) is 0.412. The number of anilines is 1. The fourth-order valence-corrected chi connectivity index (χ4v) is 2.68. The SMILES string of the molecule is Cc1cc(NC(=O)C(=O)NCc2cccnc2OC2CCCC2)no1. The van der Waals surface area contributed by atoms with Crippen LogP contribution in [0.4, 0.5) is 5.82 Å². The summed E-state index contributed by atoms with van der Waals surface area (Å²) in [4.78, 5) is 28.0. The first kappa shape index (κ1) is 16.9. The first-order valence-corrected chi connectivity index (χ1v) is 8.25. The average molecular weight is 344 g/mol. The highest BCUT2D eigenvalue weighted by molar-refractivity contribution is 6.39. The standard InChI is InChI=1S/C17H20N4O4/c1-11-9-14(21-25-11)20-16(23)15(22)19-10-12-5-4-8-18-17(12)24-13-6-2-3-7-13/h4-5,8-9,13H,2-3,6-7,10H2,1H3,(H,19,22)(H,20,21,23). The molecule has 1 fully saturated rings. The molecular weight excluding hydrogens is 324 g/mol. The smallest absolute Gasteiger partial charge is 0.314 e. The second kappa shape index (κ2) is 7.78. The molecule has 1 aliphatic carbocycles. The number of carbonyl (C=O) groups excluding carboxylic acids is 2. The number of aryl methyl sites for hydroxylation is 1. The van der Waals surface area contributed by atoms with Crippen molar-refractivity contribution in [1.29, 1.82) is 0 Å². The van der Waals surface area contributed by atoms with Crippen LogP contribution in [0.25, 0.3) is 0 Å². The molecule has 25 heavy (non-hydrogen) atoms. The minimum Gasteiger partial charge on any atom is -0.474 e. The quantitative estimate of drug-likeness (QED) is 0.803. The number of aromatic nitrogens is 2. The molecule has 3 rings (SSSR count). The lowest BCUT2D eigenvalue weighted by molar-refractivity contribution is -0.136. The zero-order chi connectivity index (χ0) is 17.6. The van der Waals surface area contributed by atoms with Crippen LogP contribution >= 0.6 is 0 Å². The van der Waals surface area contributed by atoms with Gasteiger partial charge < -0.3 is 14.6 Å². The predicted octanol–water partition coefficient (Wildman–Crippen LogP) is 1.95. The molecule has 2 aromatic rings. The van der Waals surface area contributed by atoms with E-state index in [1.807, 2.05) is 6.07 Å². The molecule has 8 heteroatoms. The largest absolute Gasteiger partial charge is 0.474 e. The van der Waals surface area contributed by atoms with E-state index in [2.05, 4.69) is 20.8 Å². The lowest BCUT2D eigenvalue weighted by Gasteiger charge is -2.15. The highest BCUT2D eigenvalue weighted by Gasteiger charge is 2.20. The lowest BCUT2D eigenvalue weighted by Crippen LogP contribution is -2.35. The summed E-state index contributed by atoms with van der Waals surface area (Å²) in [6, 6.07) is 5.11. The van der Waals surface area contributed by atoms with Crippen molar-refractivity contribution in [2.75, 3.05) is 5.32 Å². The number of hydrogen-bond donors (Lipinski definition) is 2. The summed E-state index contributed by atoms with van der Waals surface area (Å²) in [5.74, 6) is -0.335. The number of nitrogens with zero attached hydrogens (tertiary/aromatic N) is 2. The third-order valence-electron chi connectivity index (χ3n) is 3.95. The van der Waals surface area contributed by atoms with Crippen molar-refractivity contribution in [3.05, 3.63) is 35.7 Å². The van der Waals surface area contributed by atoms with Crippen molar-refractivity contribution in [3.63, 3.8) is 0 Å². The monoisotopic (exact) mass is 344 g/mol. The number of carbonyl (C=O) groups is 2. The van der Waals surface area contributed by atoms with Crippen LogP contribution in [0.5, 0.6) is 5.88 Å². The summed E-state index contributed by atoms with van der Waals surface area (Å²) in [6.45, 7) is 1.84. The second-order valence-electron chi connectivity index (χ2n) is 5.95. The van der Waals surface area contributed by atoms with E-state index in [1.165, 1.54) is 6.07 Å². The maximum atomic E-state index is 11.9. The van der Waals surface area contributed by atoms with E-state index < -0.39 is 11.8 Å². The normalized spacial score (nSPS) is 14.3. The summed E-state index contributed by atoms with van der Waals surface area (Å²) in [5, 5.41) is 8.54. The molecule has 0 aromatic carbocycles. The number of amides is 2. The van der Waals surface area contributed by atoms with Crippen LogP contribution in [0, 0.1) is 6.92 Å². The van der Waals surface area contributed by atoms with Gasteiger partial charge in [-0.25, -0.2) is 4.98 Å². The number of ether oxygens (including phenoxy) is 1. The Labute approximate surface area is 144 Å². The Bertz CT molecular complexity index is 753. The predicted molar refractivity (Wildman–Crippen MR) is 88.8 cm³/mol. The van der Waals surface area contributed by atoms with Crippen LogP contribution in [0.1, 0.15) is 37.0 Å².